The SMILES string of the molecule is N[C@@H]1CCCC[C@@H]1c1nc(-c2ccsc2)no1. The molecule has 2 aromatic rings. The first-order valence-corrected chi connectivity index (χ1v) is 6.90. The third-order valence-corrected chi connectivity index (χ3v) is 4.04. The Morgan fingerprint density at radius 3 is 3.00 bits per heavy atom. The van der Waals surface area contributed by atoms with Crippen molar-refractivity contribution in [3.05, 3.63) is 22.7 Å². The molecule has 0 radical (unpaired) electrons. The minimum atomic E-state index is 0.166. The normalized spacial score (nSPS) is 25.0. The van der Waals surface area contributed by atoms with Crippen molar-refractivity contribution in [1.82, 2.24) is 10.1 Å². The molecule has 3 rings (SSSR count). The van der Waals surface area contributed by atoms with E-state index in [4.69, 9.17) is 10.3 Å². The minimum absolute atomic E-state index is 0.166. The summed E-state index contributed by atoms with van der Waals surface area (Å²) in [4.78, 5) is 4.48. The number of nitrogens with zero attached hydrogens (tertiary/aromatic N) is 2. The van der Waals surface area contributed by atoms with Gasteiger partial charge in [-0.05, 0) is 24.3 Å². The zero-order valence-electron chi connectivity index (χ0n) is 9.50. The molecule has 2 N–H and O–H groups in total. The molecule has 4 nitrogen and oxygen atoms in total. The Bertz CT molecular complexity index is 480. The predicted molar refractivity (Wildman–Crippen MR) is 66.8 cm³/mol. The molecular weight excluding hydrogens is 234 g/mol. The van der Waals surface area contributed by atoms with E-state index in [0.717, 1.165) is 18.4 Å². The average molecular weight is 249 g/mol. The molecule has 1 aliphatic rings. The second-order valence-electron chi connectivity index (χ2n) is 4.52. The van der Waals surface area contributed by atoms with Crippen molar-refractivity contribution in [3.63, 3.8) is 0 Å². The van der Waals surface area contributed by atoms with Gasteiger partial charge in [-0.1, -0.05) is 18.0 Å². The van der Waals surface area contributed by atoms with Gasteiger partial charge in [0.05, 0.1) is 5.92 Å². The lowest BCUT2D eigenvalue weighted by atomic mass is 9.85. The van der Waals surface area contributed by atoms with Crippen molar-refractivity contribution in [2.24, 2.45) is 5.73 Å². The van der Waals surface area contributed by atoms with Gasteiger partial charge in [0.25, 0.3) is 0 Å². The molecule has 17 heavy (non-hydrogen) atoms. The van der Waals surface area contributed by atoms with Crippen LogP contribution in [0.15, 0.2) is 21.3 Å². The van der Waals surface area contributed by atoms with Crippen LogP contribution in [0.25, 0.3) is 11.4 Å². The van der Waals surface area contributed by atoms with E-state index in [1.54, 1.807) is 11.3 Å². The highest BCUT2D eigenvalue weighted by atomic mass is 32.1. The zero-order valence-corrected chi connectivity index (χ0v) is 10.3. The summed E-state index contributed by atoms with van der Waals surface area (Å²) in [5.74, 6) is 1.63. The molecule has 0 aliphatic heterocycles. The highest BCUT2D eigenvalue weighted by molar-refractivity contribution is 7.08. The van der Waals surface area contributed by atoms with Gasteiger partial charge >= 0.3 is 0 Å². The number of thiophene rings is 1. The van der Waals surface area contributed by atoms with Crippen molar-refractivity contribution in [1.29, 1.82) is 0 Å². The summed E-state index contributed by atoms with van der Waals surface area (Å²) in [6.45, 7) is 0. The topological polar surface area (TPSA) is 64.9 Å². The van der Waals surface area contributed by atoms with Crippen molar-refractivity contribution >= 4 is 11.3 Å². The molecule has 90 valence electrons. The minimum Gasteiger partial charge on any atom is -0.339 e. The fourth-order valence-corrected chi connectivity index (χ4v) is 3.00. The van der Waals surface area contributed by atoms with Crippen LogP contribution in [0.2, 0.25) is 0 Å². The van der Waals surface area contributed by atoms with Crippen LogP contribution < -0.4 is 5.73 Å². The number of rotatable bonds is 2. The van der Waals surface area contributed by atoms with E-state index in [1.165, 1.54) is 12.8 Å². The first kappa shape index (κ1) is 10.9. The Morgan fingerprint density at radius 1 is 1.35 bits per heavy atom. The van der Waals surface area contributed by atoms with Gasteiger partial charge in [-0.3, -0.25) is 0 Å². The molecule has 0 bridgehead atoms. The van der Waals surface area contributed by atoms with Crippen LogP contribution in [-0.2, 0) is 0 Å². The van der Waals surface area contributed by atoms with Crippen molar-refractivity contribution in [2.75, 3.05) is 0 Å². The lowest BCUT2D eigenvalue weighted by Gasteiger charge is -2.25. The summed E-state index contributed by atoms with van der Waals surface area (Å²) in [7, 11) is 0. The summed E-state index contributed by atoms with van der Waals surface area (Å²) >= 11 is 1.63. The highest BCUT2D eigenvalue weighted by Gasteiger charge is 2.28. The molecule has 1 saturated carbocycles. The average Bonchev–Trinajstić information content (AvgIpc) is 3.00. The highest BCUT2D eigenvalue weighted by Crippen LogP contribution is 2.32. The van der Waals surface area contributed by atoms with Crippen LogP contribution in [-0.4, -0.2) is 16.2 Å². The number of hydrogen-bond donors (Lipinski definition) is 1. The number of aromatic nitrogens is 2. The van der Waals surface area contributed by atoms with E-state index in [-0.39, 0.29) is 12.0 Å². The van der Waals surface area contributed by atoms with Gasteiger partial charge in [-0.2, -0.15) is 16.3 Å². The first-order chi connectivity index (χ1) is 8.34. The zero-order chi connectivity index (χ0) is 11.7. The van der Waals surface area contributed by atoms with E-state index >= 15 is 0 Å². The molecule has 2 atom stereocenters. The van der Waals surface area contributed by atoms with E-state index < -0.39 is 0 Å². The van der Waals surface area contributed by atoms with Crippen LogP contribution in [0.4, 0.5) is 0 Å². The monoisotopic (exact) mass is 249 g/mol. The van der Waals surface area contributed by atoms with Gasteiger partial charge in [0.1, 0.15) is 0 Å². The predicted octanol–water partition coefficient (Wildman–Crippen LogP) is 2.78. The molecule has 1 aliphatic carbocycles. The molecule has 0 saturated heterocycles. The third-order valence-electron chi connectivity index (χ3n) is 3.36. The Balaban J connectivity index is 1.84. The van der Waals surface area contributed by atoms with Crippen LogP contribution in [0.3, 0.4) is 0 Å². The number of nitrogens with two attached hydrogens (primary N) is 1. The fourth-order valence-electron chi connectivity index (χ4n) is 2.36. The first-order valence-electron chi connectivity index (χ1n) is 5.96. The molecule has 0 spiro atoms. The van der Waals surface area contributed by atoms with Gasteiger partial charge in [0.15, 0.2) is 0 Å². The van der Waals surface area contributed by atoms with Crippen molar-refractivity contribution in [2.45, 2.75) is 37.6 Å². The molecule has 2 aromatic heterocycles. The molecule has 0 amide bonds. The Kier molecular flexibility index (Phi) is 2.94. The van der Waals surface area contributed by atoms with Crippen LogP contribution in [0, 0.1) is 0 Å². The maximum atomic E-state index is 6.11. The summed E-state index contributed by atoms with van der Waals surface area (Å²) in [6.07, 6.45) is 4.53. The van der Waals surface area contributed by atoms with E-state index in [0.29, 0.717) is 11.7 Å². The van der Waals surface area contributed by atoms with E-state index in [9.17, 15) is 0 Å². The quantitative estimate of drug-likeness (QED) is 0.888. The maximum absolute atomic E-state index is 6.11. The molecule has 0 aromatic carbocycles. The lowest BCUT2D eigenvalue weighted by Crippen LogP contribution is -2.31. The molecule has 0 unspecified atom stereocenters. The molecule has 2 heterocycles. The van der Waals surface area contributed by atoms with Gasteiger partial charge in [-0.25, -0.2) is 0 Å². The van der Waals surface area contributed by atoms with E-state index in [2.05, 4.69) is 10.1 Å². The molecule has 5 heteroatoms. The largest absolute Gasteiger partial charge is 0.339 e. The molecule has 1 fully saturated rings. The Hall–Kier alpha value is -1.20. The summed E-state index contributed by atoms with van der Waals surface area (Å²) < 4.78 is 5.36. The van der Waals surface area contributed by atoms with Gasteiger partial charge in [-0.15, -0.1) is 0 Å². The van der Waals surface area contributed by atoms with Gasteiger partial charge < -0.3 is 10.3 Å². The van der Waals surface area contributed by atoms with Gasteiger partial charge in [0.2, 0.25) is 11.7 Å². The summed E-state index contributed by atoms with van der Waals surface area (Å²) in [5.41, 5.74) is 7.14. The summed E-state index contributed by atoms with van der Waals surface area (Å²) in [5, 5.41) is 8.07. The van der Waals surface area contributed by atoms with E-state index in [1.807, 2.05) is 16.8 Å². The second kappa shape index (κ2) is 4.58. The van der Waals surface area contributed by atoms with Crippen molar-refractivity contribution in [3.8, 4) is 11.4 Å². The second-order valence-corrected chi connectivity index (χ2v) is 5.30. The standard InChI is InChI=1S/C12H15N3OS/c13-10-4-2-1-3-9(10)12-14-11(15-16-12)8-5-6-17-7-8/h5-7,9-10H,1-4,13H2/t9-,10+/m0/s1. The number of hydrogen-bond acceptors (Lipinski definition) is 5. The van der Waals surface area contributed by atoms with Crippen LogP contribution in [0.5, 0.6) is 0 Å². The third kappa shape index (κ3) is 2.12. The fraction of sp³-hybridized carbons (Fsp3) is 0.500. The maximum Gasteiger partial charge on any atom is 0.231 e. The van der Waals surface area contributed by atoms with Crippen LogP contribution in [0.1, 0.15) is 37.5 Å². The molecular formula is C12H15N3OS. The summed E-state index contributed by atoms with van der Waals surface area (Å²) in [6, 6.07) is 2.17. The smallest absolute Gasteiger partial charge is 0.231 e. The van der Waals surface area contributed by atoms with Crippen molar-refractivity contribution < 1.29 is 4.52 Å². The van der Waals surface area contributed by atoms with Crippen LogP contribution >= 0.6 is 11.3 Å². The Morgan fingerprint density at radius 2 is 2.24 bits per heavy atom. The van der Waals surface area contributed by atoms with Gasteiger partial charge in [0, 0.05) is 17.0 Å². The Labute approximate surface area is 104 Å². The lowest BCUT2D eigenvalue weighted by molar-refractivity contribution is 0.290.